The number of alkyl halides is 2. The van der Waals surface area contributed by atoms with E-state index in [4.69, 9.17) is 38.0 Å². The van der Waals surface area contributed by atoms with Crippen LogP contribution >= 0.6 is 11.6 Å². The molecular weight excluding hydrogens is 397 g/mol. The van der Waals surface area contributed by atoms with E-state index in [0.29, 0.717) is 0 Å². The van der Waals surface area contributed by atoms with E-state index in [2.05, 4.69) is 15.3 Å². The molecule has 0 aliphatic carbocycles. The van der Waals surface area contributed by atoms with Crippen LogP contribution < -0.4 is 11.1 Å². The molecule has 2 aliphatic rings. The highest BCUT2D eigenvalue weighted by atomic mass is 35.5. The summed E-state index contributed by atoms with van der Waals surface area (Å²) in [7, 11) is 0. The molecule has 0 amide bonds. The number of halogens is 2. The molecule has 0 radical (unpaired) electrons. The monoisotopic (exact) mass is 413 g/mol. The average Bonchev–Trinajstić information content (AvgIpc) is 3.13. The summed E-state index contributed by atoms with van der Waals surface area (Å²) in [6.45, 7) is 1.91. The lowest BCUT2D eigenvalue weighted by molar-refractivity contribution is -0.157. The van der Waals surface area contributed by atoms with Gasteiger partial charge in [0.25, 0.3) is 5.67 Å². The van der Waals surface area contributed by atoms with Crippen LogP contribution in [0.3, 0.4) is 0 Å². The van der Waals surface area contributed by atoms with Crippen molar-refractivity contribution in [1.82, 2.24) is 9.55 Å². The first-order valence-electron chi connectivity index (χ1n) is 8.11. The molecule has 1 aromatic rings. The second-order valence-corrected chi connectivity index (χ2v) is 6.55. The molecule has 0 spiro atoms. The van der Waals surface area contributed by atoms with Gasteiger partial charge in [-0.1, -0.05) is 17.5 Å². The number of esters is 2. The van der Waals surface area contributed by atoms with Crippen LogP contribution in [0.1, 0.15) is 31.3 Å². The number of terminal acetylenes is 1. The first kappa shape index (κ1) is 19.9. The lowest BCUT2D eigenvalue weighted by Crippen LogP contribution is -2.45. The van der Waals surface area contributed by atoms with Crippen molar-refractivity contribution in [2.24, 2.45) is 10.7 Å². The molecule has 1 aromatic heterocycles. The molecule has 3 rings (SSSR count). The van der Waals surface area contributed by atoms with Gasteiger partial charge in [0.05, 0.1) is 6.33 Å². The topological polar surface area (TPSA) is 130 Å². The van der Waals surface area contributed by atoms with Crippen molar-refractivity contribution in [3.05, 3.63) is 12.0 Å². The Hall–Kier alpha value is -2.84. The van der Waals surface area contributed by atoms with Crippen molar-refractivity contribution in [3.8, 4) is 12.3 Å². The van der Waals surface area contributed by atoms with E-state index in [1.54, 1.807) is 0 Å². The molecule has 1 saturated heterocycles. The van der Waals surface area contributed by atoms with Crippen molar-refractivity contribution in [1.29, 1.82) is 0 Å². The van der Waals surface area contributed by atoms with E-state index in [1.807, 2.05) is 5.92 Å². The van der Waals surface area contributed by atoms with Gasteiger partial charge in [0.2, 0.25) is 0 Å². The molecule has 5 atom stereocenters. The maximum absolute atomic E-state index is 15.9. The zero-order valence-electron chi connectivity index (χ0n) is 14.9. The van der Waals surface area contributed by atoms with Gasteiger partial charge in [0, 0.05) is 13.8 Å². The highest BCUT2D eigenvalue weighted by Crippen LogP contribution is 2.46. The number of nitrogens with one attached hydrogen (secondary N) is 1. The fourth-order valence-electron chi connectivity index (χ4n) is 3.03. The van der Waals surface area contributed by atoms with Gasteiger partial charge in [-0.2, -0.15) is 0 Å². The Morgan fingerprint density at radius 2 is 2.25 bits per heavy atom. The predicted molar refractivity (Wildman–Crippen MR) is 94.8 cm³/mol. The Kier molecular flexibility index (Phi) is 5.18. The normalized spacial score (nSPS) is 31.2. The van der Waals surface area contributed by atoms with Crippen LogP contribution in [0.25, 0.3) is 0 Å². The first-order valence-corrected chi connectivity index (χ1v) is 8.54. The van der Waals surface area contributed by atoms with Gasteiger partial charge >= 0.3 is 11.9 Å². The van der Waals surface area contributed by atoms with Gasteiger partial charge in [-0.3, -0.25) is 14.2 Å². The molecule has 3 N–H and O–H groups in total. The fraction of sp³-hybridized carbons (Fsp3) is 0.500. The minimum Gasteiger partial charge on any atom is -0.463 e. The molecule has 1 fully saturated rings. The minimum absolute atomic E-state index is 0.00888. The number of rotatable bonds is 4. The molecule has 2 aliphatic heterocycles. The van der Waals surface area contributed by atoms with Crippen molar-refractivity contribution in [2.45, 2.75) is 43.5 Å². The highest BCUT2D eigenvalue weighted by Gasteiger charge is 2.61. The third kappa shape index (κ3) is 3.36. The summed E-state index contributed by atoms with van der Waals surface area (Å²) >= 11 is 6.09. The number of carbonyl (C=O) groups is 2. The number of aliphatic imine (C=N–C) groups is 1. The first-order chi connectivity index (χ1) is 13.2. The SMILES string of the molecule is C#CC1(F)C(OC(C)=O)[C@@H](COC(C)=O)O[C@H]1n1cnc2c1NC(N)=NC2Cl. The lowest BCUT2D eigenvalue weighted by atomic mass is 9.96. The standard InChI is InChI=1S/C16H17ClFN5O5/c1-4-16(18)11(27-8(3)25)9(5-26-7(2)24)28-14(16)23-6-20-10-12(17)21-15(19)22-13(10)23/h1,6,9,11-12,14H,5H2,2-3H3,(H3,19,21,22)/t9-,11?,12?,14-,16?/m1/s1. The Balaban J connectivity index is 2.00. The number of ether oxygens (including phenoxy) is 3. The number of nitrogens with zero attached hydrogens (tertiary/aromatic N) is 3. The molecule has 0 bridgehead atoms. The summed E-state index contributed by atoms with van der Waals surface area (Å²) in [4.78, 5) is 30.7. The van der Waals surface area contributed by atoms with Crippen LogP contribution in [-0.4, -0.2) is 51.9 Å². The molecule has 28 heavy (non-hydrogen) atoms. The number of carbonyl (C=O) groups excluding carboxylic acids is 2. The summed E-state index contributed by atoms with van der Waals surface area (Å²) in [5, 5.41) is 2.73. The van der Waals surface area contributed by atoms with Crippen LogP contribution in [-0.2, 0) is 23.8 Å². The third-order valence-electron chi connectivity index (χ3n) is 4.18. The smallest absolute Gasteiger partial charge is 0.303 e. The van der Waals surface area contributed by atoms with Gasteiger partial charge in [0.15, 0.2) is 23.8 Å². The Morgan fingerprint density at radius 3 is 2.86 bits per heavy atom. The number of guanidine groups is 1. The van der Waals surface area contributed by atoms with Crippen LogP contribution in [0, 0.1) is 12.3 Å². The molecule has 12 heteroatoms. The van der Waals surface area contributed by atoms with E-state index in [1.165, 1.54) is 17.8 Å². The van der Waals surface area contributed by atoms with Crippen LogP contribution in [0.15, 0.2) is 11.3 Å². The Labute approximate surface area is 164 Å². The second kappa shape index (κ2) is 7.29. The predicted octanol–water partition coefficient (Wildman–Crippen LogP) is 0.594. The average molecular weight is 414 g/mol. The lowest BCUT2D eigenvalue weighted by Gasteiger charge is -2.27. The zero-order chi connectivity index (χ0) is 20.6. The van der Waals surface area contributed by atoms with E-state index < -0.39 is 41.5 Å². The third-order valence-corrected chi connectivity index (χ3v) is 4.48. The van der Waals surface area contributed by atoms with Crippen molar-refractivity contribution in [3.63, 3.8) is 0 Å². The quantitative estimate of drug-likeness (QED) is 0.317. The van der Waals surface area contributed by atoms with Crippen LogP contribution in [0.2, 0.25) is 0 Å². The van der Waals surface area contributed by atoms with Crippen LogP contribution in [0.4, 0.5) is 10.2 Å². The zero-order valence-corrected chi connectivity index (χ0v) is 15.6. The maximum Gasteiger partial charge on any atom is 0.303 e. The number of hydrogen-bond acceptors (Lipinski definition) is 9. The number of fused-ring (bicyclic) bond motifs is 1. The number of aromatic nitrogens is 2. The number of anilines is 1. The van der Waals surface area contributed by atoms with E-state index in [9.17, 15) is 9.59 Å². The fourth-order valence-corrected chi connectivity index (χ4v) is 3.29. The largest absolute Gasteiger partial charge is 0.463 e. The molecule has 0 aromatic carbocycles. The Bertz CT molecular complexity index is 883. The summed E-state index contributed by atoms with van der Waals surface area (Å²) in [6, 6.07) is 0. The van der Waals surface area contributed by atoms with Gasteiger partial charge in [-0.25, -0.2) is 14.4 Å². The van der Waals surface area contributed by atoms with Gasteiger partial charge in [-0.05, 0) is 0 Å². The molecule has 3 unspecified atom stereocenters. The Morgan fingerprint density at radius 1 is 1.54 bits per heavy atom. The molecular formula is C16H17ClFN5O5. The summed E-state index contributed by atoms with van der Waals surface area (Å²) in [5.41, 5.74) is 2.48. The van der Waals surface area contributed by atoms with E-state index in [-0.39, 0.29) is 24.1 Å². The maximum atomic E-state index is 15.9. The van der Waals surface area contributed by atoms with Crippen molar-refractivity contribution < 1.29 is 28.2 Å². The van der Waals surface area contributed by atoms with Crippen molar-refractivity contribution >= 4 is 35.3 Å². The highest BCUT2D eigenvalue weighted by molar-refractivity contribution is 6.22. The van der Waals surface area contributed by atoms with Gasteiger partial charge in [0.1, 0.15) is 24.2 Å². The molecule has 10 nitrogen and oxygen atoms in total. The second-order valence-electron chi connectivity index (χ2n) is 6.13. The van der Waals surface area contributed by atoms with Gasteiger partial charge < -0.3 is 25.3 Å². The number of imidazole rings is 1. The molecule has 3 heterocycles. The van der Waals surface area contributed by atoms with Crippen molar-refractivity contribution in [2.75, 3.05) is 11.9 Å². The van der Waals surface area contributed by atoms with Crippen LogP contribution in [0.5, 0.6) is 0 Å². The summed E-state index contributed by atoms with van der Waals surface area (Å²) in [6.07, 6.45) is 2.54. The van der Waals surface area contributed by atoms with E-state index in [0.717, 1.165) is 6.92 Å². The molecule has 0 saturated carbocycles. The summed E-state index contributed by atoms with van der Waals surface area (Å²) in [5.74, 6) is 0.826. The minimum atomic E-state index is -2.60. The van der Waals surface area contributed by atoms with Gasteiger partial charge in [-0.15, -0.1) is 6.42 Å². The molecule has 150 valence electrons. The number of nitrogens with two attached hydrogens (primary N) is 1. The van der Waals surface area contributed by atoms with E-state index >= 15 is 4.39 Å². The number of hydrogen-bond donors (Lipinski definition) is 2. The summed E-state index contributed by atoms with van der Waals surface area (Å²) < 4.78 is 32.8.